The van der Waals surface area contributed by atoms with Crippen LogP contribution in [0.1, 0.15) is 27.6 Å². The van der Waals surface area contributed by atoms with Crippen LogP contribution < -0.4 is 9.64 Å². The number of rotatable bonds is 3. The van der Waals surface area contributed by atoms with Gasteiger partial charge in [0.25, 0.3) is 11.8 Å². The Hall–Kier alpha value is -2.85. The molecule has 0 unspecified atom stereocenters. The first kappa shape index (κ1) is 15.7. The Morgan fingerprint density at radius 3 is 2.40 bits per heavy atom. The number of halogens is 1. The summed E-state index contributed by atoms with van der Waals surface area (Å²) in [7, 11) is 0. The van der Waals surface area contributed by atoms with Crippen LogP contribution in [-0.2, 0) is 0 Å². The zero-order valence-electron chi connectivity index (χ0n) is 13.5. The minimum absolute atomic E-state index is 0.338. The smallest absolute Gasteiger partial charge is 0.266 e. The molecule has 3 aromatic rings. The maximum absolute atomic E-state index is 13.1. The lowest BCUT2D eigenvalue weighted by molar-refractivity contribution is 0.0893. The Kier molecular flexibility index (Phi) is 3.70. The first-order chi connectivity index (χ1) is 12.1. The number of carbonyl (C=O) groups excluding carboxylic acids is 2. The van der Waals surface area contributed by atoms with Crippen LogP contribution in [0.2, 0.25) is 5.02 Å². The van der Waals surface area contributed by atoms with Gasteiger partial charge in [-0.05, 0) is 54.8 Å². The Morgan fingerprint density at radius 2 is 1.68 bits per heavy atom. The van der Waals surface area contributed by atoms with Gasteiger partial charge in [-0.3, -0.25) is 9.59 Å². The first-order valence-corrected chi connectivity index (χ1v) is 8.32. The van der Waals surface area contributed by atoms with E-state index < -0.39 is 0 Å². The third-order valence-electron chi connectivity index (χ3n) is 4.21. The monoisotopic (exact) mass is 351 g/mol. The van der Waals surface area contributed by atoms with Crippen molar-refractivity contribution in [2.24, 2.45) is 0 Å². The van der Waals surface area contributed by atoms with E-state index in [0.717, 1.165) is 5.39 Å². The highest BCUT2D eigenvalue weighted by atomic mass is 35.5. The lowest BCUT2D eigenvalue weighted by Crippen LogP contribution is -2.40. The molecule has 1 aliphatic heterocycles. The summed E-state index contributed by atoms with van der Waals surface area (Å²) in [4.78, 5) is 27.2. The molecule has 0 bridgehead atoms. The molecule has 0 N–H and O–H groups in total. The number of anilines is 1. The molecule has 0 aromatic heterocycles. The van der Waals surface area contributed by atoms with E-state index in [9.17, 15) is 9.59 Å². The zero-order valence-corrected chi connectivity index (χ0v) is 14.2. The molecule has 0 fully saturated rings. The van der Waals surface area contributed by atoms with Gasteiger partial charge in [-0.15, -0.1) is 0 Å². The lowest BCUT2D eigenvalue weighted by atomic mass is 9.93. The molecule has 4 rings (SSSR count). The van der Waals surface area contributed by atoms with E-state index >= 15 is 0 Å². The second-order valence-corrected chi connectivity index (χ2v) is 6.17. The highest BCUT2D eigenvalue weighted by Crippen LogP contribution is 2.35. The normalized spacial score (nSPS) is 13.4. The van der Waals surface area contributed by atoms with Crippen LogP contribution >= 0.6 is 11.6 Å². The van der Waals surface area contributed by atoms with Crippen molar-refractivity contribution in [1.82, 2.24) is 0 Å². The summed E-state index contributed by atoms with van der Waals surface area (Å²) in [5, 5.41) is 2.03. The molecule has 0 atom stereocenters. The van der Waals surface area contributed by atoms with Crippen LogP contribution in [0.3, 0.4) is 0 Å². The third kappa shape index (κ3) is 2.46. The van der Waals surface area contributed by atoms with Crippen molar-refractivity contribution in [2.45, 2.75) is 6.92 Å². The molecule has 4 nitrogen and oxygen atoms in total. The van der Waals surface area contributed by atoms with E-state index in [-0.39, 0.29) is 11.8 Å². The summed E-state index contributed by atoms with van der Waals surface area (Å²) in [6.07, 6.45) is 0. The van der Waals surface area contributed by atoms with Gasteiger partial charge in [-0.25, -0.2) is 4.90 Å². The number of amides is 2. The second kappa shape index (κ2) is 5.90. The molecule has 0 aliphatic carbocycles. The number of nitrogens with zero attached hydrogens (tertiary/aromatic N) is 1. The van der Waals surface area contributed by atoms with E-state index in [0.29, 0.717) is 39.6 Å². The SMILES string of the molecule is CCOc1cc2c3c(cccc3c1)C(=O)N(c1ccc(Cl)cc1)C2=O. The van der Waals surface area contributed by atoms with E-state index in [1.54, 1.807) is 36.4 Å². The summed E-state index contributed by atoms with van der Waals surface area (Å²) in [6, 6.07) is 15.6. The second-order valence-electron chi connectivity index (χ2n) is 5.73. The maximum atomic E-state index is 13.1. The van der Waals surface area contributed by atoms with E-state index in [1.807, 2.05) is 25.1 Å². The average molecular weight is 352 g/mol. The number of benzene rings is 3. The Labute approximate surface area is 149 Å². The van der Waals surface area contributed by atoms with Gasteiger partial charge in [0.05, 0.1) is 17.9 Å². The molecular weight excluding hydrogens is 338 g/mol. The van der Waals surface area contributed by atoms with Crippen LogP contribution in [0.15, 0.2) is 54.6 Å². The summed E-state index contributed by atoms with van der Waals surface area (Å²) in [5.74, 6) is -0.0898. The summed E-state index contributed by atoms with van der Waals surface area (Å²) in [6.45, 7) is 2.39. The molecule has 0 spiro atoms. The predicted molar refractivity (Wildman–Crippen MR) is 97.7 cm³/mol. The fourth-order valence-corrected chi connectivity index (χ4v) is 3.28. The minimum atomic E-state index is -0.363. The van der Waals surface area contributed by atoms with Crippen molar-refractivity contribution >= 4 is 39.9 Å². The van der Waals surface area contributed by atoms with Gasteiger partial charge in [0.1, 0.15) is 5.75 Å². The maximum Gasteiger partial charge on any atom is 0.266 e. The van der Waals surface area contributed by atoms with Crippen molar-refractivity contribution in [3.05, 3.63) is 70.7 Å². The third-order valence-corrected chi connectivity index (χ3v) is 4.47. The Morgan fingerprint density at radius 1 is 0.960 bits per heavy atom. The fraction of sp³-hybridized carbons (Fsp3) is 0.100. The van der Waals surface area contributed by atoms with Gasteiger partial charge in [0.15, 0.2) is 0 Å². The summed E-state index contributed by atoms with van der Waals surface area (Å²) < 4.78 is 5.58. The molecule has 2 amide bonds. The number of carbonyl (C=O) groups is 2. The number of hydrogen-bond acceptors (Lipinski definition) is 3. The van der Waals surface area contributed by atoms with Gasteiger partial charge in [0, 0.05) is 16.0 Å². The molecule has 0 saturated heterocycles. The Bertz CT molecular complexity index is 1010. The highest BCUT2D eigenvalue weighted by Gasteiger charge is 2.34. The topological polar surface area (TPSA) is 46.6 Å². The quantitative estimate of drug-likeness (QED) is 0.643. The van der Waals surface area contributed by atoms with E-state index in [1.165, 1.54) is 4.90 Å². The van der Waals surface area contributed by atoms with Crippen molar-refractivity contribution in [1.29, 1.82) is 0 Å². The summed E-state index contributed by atoms with van der Waals surface area (Å²) >= 11 is 5.92. The zero-order chi connectivity index (χ0) is 17.6. The van der Waals surface area contributed by atoms with Gasteiger partial charge in [-0.1, -0.05) is 23.7 Å². The number of ether oxygens (including phenoxy) is 1. The molecule has 1 heterocycles. The molecule has 25 heavy (non-hydrogen) atoms. The molecule has 5 heteroatoms. The van der Waals surface area contributed by atoms with Gasteiger partial charge in [-0.2, -0.15) is 0 Å². The van der Waals surface area contributed by atoms with Crippen molar-refractivity contribution in [3.8, 4) is 5.75 Å². The van der Waals surface area contributed by atoms with Crippen molar-refractivity contribution in [2.75, 3.05) is 11.5 Å². The lowest BCUT2D eigenvalue weighted by Gasteiger charge is -2.27. The van der Waals surface area contributed by atoms with E-state index in [4.69, 9.17) is 16.3 Å². The molecule has 124 valence electrons. The number of hydrogen-bond donors (Lipinski definition) is 0. The summed E-state index contributed by atoms with van der Waals surface area (Å²) in [5.41, 5.74) is 1.46. The average Bonchev–Trinajstić information content (AvgIpc) is 2.61. The standard InChI is InChI=1S/C20H14ClNO3/c1-2-25-15-10-12-4-3-5-16-18(12)17(11-15)20(24)22(19(16)23)14-8-6-13(21)7-9-14/h3-11H,2H2,1H3. The molecular formula is C20H14ClNO3. The molecule has 3 aromatic carbocycles. The predicted octanol–water partition coefficient (Wildman–Crippen LogP) is 4.69. The Balaban J connectivity index is 1.95. The van der Waals surface area contributed by atoms with E-state index in [2.05, 4.69) is 0 Å². The number of imide groups is 1. The van der Waals surface area contributed by atoms with Crippen LogP contribution in [0.5, 0.6) is 5.75 Å². The van der Waals surface area contributed by atoms with Crippen LogP contribution in [0.4, 0.5) is 5.69 Å². The van der Waals surface area contributed by atoms with Gasteiger partial charge in [0.2, 0.25) is 0 Å². The van der Waals surface area contributed by atoms with Crippen molar-refractivity contribution < 1.29 is 14.3 Å². The first-order valence-electron chi connectivity index (χ1n) is 7.94. The largest absolute Gasteiger partial charge is 0.494 e. The molecule has 0 saturated carbocycles. The van der Waals surface area contributed by atoms with Crippen LogP contribution in [0, 0.1) is 0 Å². The highest BCUT2D eigenvalue weighted by molar-refractivity contribution is 6.36. The molecule has 1 aliphatic rings. The van der Waals surface area contributed by atoms with Crippen molar-refractivity contribution in [3.63, 3.8) is 0 Å². The fourth-order valence-electron chi connectivity index (χ4n) is 3.16. The molecule has 0 radical (unpaired) electrons. The van der Waals surface area contributed by atoms with Crippen LogP contribution in [0.25, 0.3) is 10.8 Å². The van der Waals surface area contributed by atoms with Gasteiger partial charge >= 0.3 is 0 Å². The van der Waals surface area contributed by atoms with Crippen LogP contribution in [-0.4, -0.2) is 18.4 Å². The minimum Gasteiger partial charge on any atom is -0.494 e. The van der Waals surface area contributed by atoms with Gasteiger partial charge < -0.3 is 4.74 Å².